The van der Waals surface area contributed by atoms with Crippen LogP contribution in [0.4, 0.5) is 0 Å². The van der Waals surface area contributed by atoms with E-state index in [1.807, 2.05) is 31.4 Å². The molecule has 3 aromatic heterocycles. The van der Waals surface area contributed by atoms with Crippen molar-refractivity contribution in [2.45, 2.75) is 25.5 Å². The molecule has 0 N–H and O–H groups in total. The molecule has 0 atom stereocenters. The van der Waals surface area contributed by atoms with E-state index in [0.717, 1.165) is 20.1 Å². The highest BCUT2D eigenvalue weighted by Gasteiger charge is 2.17. The van der Waals surface area contributed by atoms with Gasteiger partial charge in [-0.05, 0) is 30.9 Å². The zero-order valence-corrected chi connectivity index (χ0v) is 17.0. The molecule has 0 radical (unpaired) electrons. The molecule has 25 heavy (non-hydrogen) atoms. The number of thioether (sulfide) groups is 1. The molecule has 0 spiro atoms. The molecule has 3 rings (SSSR count). The number of hydrogen-bond acceptors (Lipinski definition) is 6. The van der Waals surface area contributed by atoms with Gasteiger partial charge in [0.25, 0.3) is 5.56 Å². The van der Waals surface area contributed by atoms with Crippen molar-refractivity contribution in [2.75, 3.05) is 12.8 Å². The first-order valence-corrected chi connectivity index (χ1v) is 10.4. The molecule has 3 aromatic rings. The summed E-state index contributed by atoms with van der Waals surface area (Å²) in [5, 5.41) is 3.27. The smallest absolute Gasteiger partial charge is 0.262 e. The van der Waals surface area contributed by atoms with E-state index in [2.05, 4.69) is 4.98 Å². The van der Waals surface area contributed by atoms with E-state index < -0.39 is 0 Å². The van der Waals surface area contributed by atoms with Crippen LogP contribution in [0.25, 0.3) is 10.2 Å². The van der Waals surface area contributed by atoms with E-state index in [1.165, 1.54) is 23.1 Å². The highest BCUT2D eigenvalue weighted by atomic mass is 32.2. The lowest BCUT2D eigenvalue weighted by atomic mass is 10.2. The standard InChI is InChI=1S/C17H19N3O2S3/c1-10-11(2)25-15-14(10)16(22)20(4)17(18-15)24-9-13(21)19(3)8-12-6-5-7-23-12/h5-7H,8-9H2,1-4H3. The van der Waals surface area contributed by atoms with Gasteiger partial charge >= 0.3 is 0 Å². The van der Waals surface area contributed by atoms with E-state index in [1.54, 1.807) is 34.9 Å². The Morgan fingerprint density at radius 2 is 2.16 bits per heavy atom. The normalized spacial score (nSPS) is 11.2. The minimum atomic E-state index is -0.0475. The van der Waals surface area contributed by atoms with Crippen LogP contribution >= 0.6 is 34.4 Å². The Balaban J connectivity index is 1.76. The molecule has 1 amide bonds. The summed E-state index contributed by atoms with van der Waals surface area (Å²) in [4.78, 5) is 34.3. The van der Waals surface area contributed by atoms with Gasteiger partial charge in [0, 0.05) is 23.8 Å². The summed E-state index contributed by atoms with van der Waals surface area (Å²) < 4.78 is 1.54. The van der Waals surface area contributed by atoms with Gasteiger partial charge in [0.1, 0.15) is 4.83 Å². The van der Waals surface area contributed by atoms with E-state index >= 15 is 0 Å². The van der Waals surface area contributed by atoms with Gasteiger partial charge in [-0.2, -0.15) is 0 Å². The molecule has 0 aliphatic carbocycles. The summed E-state index contributed by atoms with van der Waals surface area (Å²) in [6.07, 6.45) is 0. The Morgan fingerprint density at radius 3 is 2.84 bits per heavy atom. The minimum absolute atomic E-state index is 0.0197. The number of carbonyl (C=O) groups excluding carboxylic acids is 1. The summed E-state index contributed by atoms with van der Waals surface area (Å²) in [5.41, 5.74) is 0.949. The van der Waals surface area contributed by atoms with Crippen molar-refractivity contribution in [3.8, 4) is 0 Å². The maximum absolute atomic E-state index is 12.6. The SMILES string of the molecule is Cc1sc2nc(SCC(=O)N(C)Cc3cccs3)n(C)c(=O)c2c1C. The molecule has 0 unspecified atom stereocenters. The van der Waals surface area contributed by atoms with Gasteiger partial charge in [-0.25, -0.2) is 4.98 Å². The van der Waals surface area contributed by atoms with E-state index in [-0.39, 0.29) is 17.2 Å². The average Bonchev–Trinajstić information content (AvgIpc) is 3.18. The molecular formula is C17H19N3O2S3. The van der Waals surface area contributed by atoms with Crippen molar-refractivity contribution in [3.05, 3.63) is 43.2 Å². The van der Waals surface area contributed by atoms with Crippen LogP contribution in [0.5, 0.6) is 0 Å². The third-order valence-corrected chi connectivity index (χ3v) is 7.07. The third-order valence-electron chi connectivity index (χ3n) is 4.09. The second kappa shape index (κ2) is 7.31. The average molecular weight is 394 g/mol. The fourth-order valence-electron chi connectivity index (χ4n) is 2.45. The first kappa shape index (κ1) is 18.2. The monoisotopic (exact) mass is 393 g/mol. The van der Waals surface area contributed by atoms with E-state index in [0.29, 0.717) is 17.1 Å². The molecule has 8 heteroatoms. The number of thiophene rings is 2. The number of nitrogens with zero attached hydrogens (tertiary/aromatic N) is 3. The van der Waals surface area contributed by atoms with Gasteiger partial charge in [0.15, 0.2) is 5.16 Å². The van der Waals surface area contributed by atoms with Crippen molar-refractivity contribution < 1.29 is 4.79 Å². The van der Waals surface area contributed by atoms with Crippen LogP contribution < -0.4 is 5.56 Å². The van der Waals surface area contributed by atoms with Gasteiger partial charge in [0.2, 0.25) is 5.91 Å². The van der Waals surface area contributed by atoms with Crippen LogP contribution in [-0.4, -0.2) is 33.2 Å². The quantitative estimate of drug-likeness (QED) is 0.492. The number of carbonyl (C=O) groups is 1. The lowest BCUT2D eigenvalue weighted by molar-refractivity contribution is -0.127. The number of rotatable bonds is 5. The van der Waals surface area contributed by atoms with Crippen molar-refractivity contribution >= 4 is 50.6 Å². The number of hydrogen-bond donors (Lipinski definition) is 0. The molecule has 132 valence electrons. The lowest BCUT2D eigenvalue weighted by Gasteiger charge is -2.16. The minimum Gasteiger partial charge on any atom is -0.340 e. The van der Waals surface area contributed by atoms with Crippen LogP contribution in [-0.2, 0) is 18.4 Å². The third kappa shape index (κ3) is 3.65. The highest BCUT2D eigenvalue weighted by molar-refractivity contribution is 7.99. The predicted octanol–water partition coefficient (Wildman–Crippen LogP) is 3.42. The number of fused-ring (bicyclic) bond motifs is 1. The zero-order chi connectivity index (χ0) is 18.1. The van der Waals surface area contributed by atoms with Crippen molar-refractivity contribution in [1.82, 2.24) is 14.5 Å². The zero-order valence-electron chi connectivity index (χ0n) is 14.5. The predicted molar refractivity (Wildman–Crippen MR) is 106 cm³/mol. The molecule has 0 fully saturated rings. The Labute approximate surface area is 158 Å². The number of aryl methyl sites for hydroxylation is 2. The summed E-state index contributed by atoms with van der Waals surface area (Å²) in [6.45, 7) is 4.55. The Morgan fingerprint density at radius 1 is 1.40 bits per heavy atom. The fraction of sp³-hybridized carbons (Fsp3) is 0.353. The van der Waals surface area contributed by atoms with Crippen LogP contribution in [0.15, 0.2) is 27.5 Å². The summed E-state index contributed by atoms with van der Waals surface area (Å²) in [5.74, 6) is 0.281. The van der Waals surface area contributed by atoms with E-state index in [4.69, 9.17) is 0 Å². The molecular weight excluding hydrogens is 374 g/mol. The second-order valence-corrected chi connectivity index (χ2v) is 9.02. The molecule has 0 aromatic carbocycles. The molecule has 0 saturated heterocycles. The summed E-state index contributed by atoms with van der Waals surface area (Å²) >= 11 is 4.47. The second-order valence-electron chi connectivity index (χ2n) is 5.84. The Hall–Kier alpha value is -1.64. The van der Waals surface area contributed by atoms with Crippen LogP contribution in [0.1, 0.15) is 15.3 Å². The molecule has 5 nitrogen and oxygen atoms in total. The summed E-state index contributed by atoms with van der Waals surface area (Å²) in [6, 6.07) is 4.00. The lowest BCUT2D eigenvalue weighted by Crippen LogP contribution is -2.28. The van der Waals surface area contributed by atoms with Crippen LogP contribution in [0, 0.1) is 13.8 Å². The van der Waals surface area contributed by atoms with Gasteiger partial charge < -0.3 is 4.90 Å². The summed E-state index contributed by atoms with van der Waals surface area (Å²) in [7, 11) is 3.51. The molecule has 0 saturated carbocycles. The molecule has 0 bridgehead atoms. The van der Waals surface area contributed by atoms with Gasteiger partial charge in [-0.1, -0.05) is 17.8 Å². The molecule has 3 heterocycles. The maximum atomic E-state index is 12.6. The molecule has 0 aliphatic heterocycles. The maximum Gasteiger partial charge on any atom is 0.262 e. The van der Waals surface area contributed by atoms with Gasteiger partial charge in [-0.15, -0.1) is 22.7 Å². The highest BCUT2D eigenvalue weighted by Crippen LogP contribution is 2.28. The van der Waals surface area contributed by atoms with Gasteiger partial charge in [-0.3, -0.25) is 14.2 Å². The number of aromatic nitrogens is 2. The van der Waals surface area contributed by atoms with Crippen molar-refractivity contribution in [1.29, 1.82) is 0 Å². The van der Waals surface area contributed by atoms with Crippen LogP contribution in [0.3, 0.4) is 0 Å². The fourth-order valence-corrected chi connectivity index (χ4v) is 5.19. The topological polar surface area (TPSA) is 55.2 Å². The van der Waals surface area contributed by atoms with Crippen LogP contribution in [0.2, 0.25) is 0 Å². The molecule has 0 aliphatic rings. The first-order valence-electron chi connectivity index (χ1n) is 7.74. The number of amides is 1. The largest absolute Gasteiger partial charge is 0.340 e. The van der Waals surface area contributed by atoms with E-state index in [9.17, 15) is 9.59 Å². The van der Waals surface area contributed by atoms with Gasteiger partial charge in [0.05, 0.1) is 17.7 Å². The van der Waals surface area contributed by atoms with Crippen molar-refractivity contribution in [3.63, 3.8) is 0 Å². The Bertz CT molecular complexity index is 973. The first-order chi connectivity index (χ1) is 11.9. The van der Waals surface area contributed by atoms with Crippen molar-refractivity contribution in [2.24, 2.45) is 7.05 Å². The Kier molecular flexibility index (Phi) is 5.31.